The fourth-order valence-electron chi connectivity index (χ4n) is 5.00. The van der Waals surface area contributed by atoms with Gasteiger partial charge in [-0.3, -0.25) is 20.0 Å². The summed E-state index contributed by atoms with van der Waals surface area (Å²) in [5.74, 6) is 0.162. The predicted octanol–water partition coefficient (Wildman–Crippen LogP) is 4.64. The topological polar surface area (TPSA) is 49.4 Å². The molecule has 2 atom stereocenters. The van der Waals surface area contributed by atoms with E-state index in [9.17, 15) is 9.59 Å². The fraction of sp³-hybridized carbons (Fsp3) is 0.391. The molecule has 0 aliphatic heterocycles. The minimum atomic E-state index is -0.652. The third-order valence-electron chi connectivity index (χ3n) is 7.38. The second-order valence-corrected chi connectivity index (χ2v) is 8.59. The number of carbonyl (C=O) groups excluding carboxylic acids is 2. The lowest BCUT2D eigenvalue weighted by Gasteiger charge is -2.40. The molecule has 2 saturated carbocycles. The number of para-hydroxylation sites is 2. The molecular formula is C23H26N2O2. The van der Waals surface area contributed by atoms with Gasteiger partial charge in [-0.1, -0.05) is 57.2 Å². The smallest absolute Gasteiger partial charge is 0.246 e. The van der Waals surface area contributed by atoms with Crippen LogP contribution in [-0.2, 0) is 9.59 Å². The van der Waals surface area contributed by atoms with Gasteiger partial charge in [-0.05, 0) is 42.5 Å². The van der Waals surface area contributed by atoms with Crippen LogP contribution in [0.15, 0.2) is 60.7 Å². The number of hydrogen-bond acceptors (Lipinski definition) is 3. The molecule has 0 radical (unpaired) electrons. The van der Waals surface area contributed by atoms with Crippen molar-refractivity contribution >= 4 is 23.1 Å². The molecule has 1 N–H and O–H groups in total. The van der Waals surface area contributed by atoms with Gasteiger partial charge in [0, 0.05) is 11.8 Å². The second kappa shape index (κ2) is 5.95. The summed E-state index contributed by atoms with van der Waals surface area (Å²) in [6.07, 6.45) is 1.87. The Morgan fingerprint density at radius 1 is 0.889 bits per heavy atom. The maximum absolute atomic E-state index is 13.6. The fourth-order valence-corrected chi connectivity index (χ4v) is 5.00. The third-order valence-corrected chi connectivity index (χ3v) is 7.38. The summed E-state index contributed by atoms with van der Waals surface area (Å²) in [4.78, 5) is 26.3. The van der Waals surface area contributed by atoms with Crippen LogP contribution in [0, 0.1) is 16.2 Å². The zero-order valence-corrected chi connectivity index (χ0v) is 16.2. The van der Waals surface area contributed by atoms with E-state index in [4.69, 9.17) is 0 Å². The third kappa shape index (κ3) is 2.35. The van der Waals surface area contributed by atoms with Crippen LogP contribution in [0.4, 0.5) is 11.4 Å². The van der Waals surface area contributed by atoms with Gasteiger partial charge >= 0.3 is 0 Å². The van der Waals surface area contributed by atoms with Gasteiger partial charge in [0.05, 0.1) is 16.8 Å². The lowest BCUT2D eigenvalue weighted by atomic mass is 9.64. The molecule has 0 spiro atoms. The summed E-state index contributed by atoms with van der Waals surface area (Å²) in [7, 11) is 0. The molecule has 0 heterocycles. The van der Waals surface area contributed by atoms with E-state index < -0.39 is 10.8 Å². The first-order valence-electron chi connectivity index (χ1n) is 9.56. The highest BCUT2D eigenvalue weighted by Crippen LogP contribution is 2.70. The number of nitrogens with one attached hydrogen (secondary N) is 1. The van der Waals surface area contributed by atoms with E-state index in [-0.39, 0.29) is 17.1 Å². The van der Waals surface area contributed by atoms with Crippen LogP contribution < -0.4 is 10.4 Å². The lowest BCUT2D eigenvalue weighted by Crippen LogP contribution is -2.51. The molecule has 0 saturated heterocycles. The van der Waals surface area contributed by atoms with Gasteiger partial charge in [0.2, 0.25) is 5.91 Å². The zero-order valence-electron chi connectivity index (χ0n) is 16.2. The number of nitrogens with zero attached hydrogens (tertiary/aromatic N) is 1. The number of rotatable bonds is 4. The highest BCUT2D eigenvalue weighted by atomic mass is 16.2. The molecule has 2 aliphatic rings. The molecule has 4 nitrogen and oxygen atoms in total. The summed E-state index contributed by atoms with van der Waals surface area (Å²) in [5, 5.41) is 1.83. The van der Waals surface area contributed by atoms with E-state index in [0.717, 1.165) is 24.2 Å². The average molecular weight is 362 g/mol. The number of fused-ring (bicyclic) bond motifs is 2. The largest absolute Gasteiger partial charge is 0.299 e. The summed E-state index contributed by atoms with van der Waals surface area (Å²) in [6.45, 7) is 6.20. The first-order valence-corrected chi connectivity index (χ1v) is 9.56. The van der Waals surface area contributed by atoms with E-state index in [0.29, 0.717) is 6.42 Å². The number of hydrazine groups is 1. The number of carbonyl (C=O) groups is 2. The Bertz CT molecular complexity index is 838. The van der Waals surface area contributed by atoms with Crippen LogP contribution in [0.2, 0.25) is 0 Å². The standard InChI is InChI=1S/C23H26N2O2/c1-21(2)22(3)14-15-23(21,16-19(22)26)20(27)24-25(17-10-6-4-7-11-17)18-12-8-5-9-13-18/h4-13H,14-16H2,1-3H3,(H,24,27)/t22-,23+/m1/s1. The molecule has 4 heteroatoms. The van der Waals surface area contributed by atoms with E-state index in [2.05, 4.69) is 19.3 Å². The normalized spacial score (nSPS) is 28.2. The predicted molar refractivity (Wildman–Crippen MR) is 106 cm³/mol. The Kier molecular flexibility index (Phi) is 3.91. The maximum atomic E-state index is 13.6. The number of anilines is 2. The molecule has 2 aromatic carbocycles. The lowest BCUT2D eigenvalue weighted by molar-refractivity contribution is -0.136. The molecule has 1 amide bonds. The maximum Gasteiger partial charge on any atom is 0.246 e. The van der Waals surface area contributed by atoms with Crippen molar-refractivity contribution in [1.29, 1.82) is 0 Å². The van der Waals surface area contributed by atoms with Crippen molar-refractivity contribution in [3.63, 3.8) is 0 Å². The molecule has 2 aliphatic carbocycles. The van der Waals surface area contributed by atoms with E-state index >= 15 is 0 Å². The van der Waals surface area contributed by atoms with E-state index in [1.54, 1.807) is 0 Å². The van der Waals surface area contributed by atoms with Crippen molar-refractivity contribution in [3.8, 4) is 0 Å². The minimum Gasteiger partial charge on any atom is -0.299 e. The number of ketones is 1. The first-order chi connectivity index (χ1) is 12.8. The number of hydrogen-bond donors (Lipinski definition) is 1. The summed E-state index contributed by atoms with van der Waals surface area (Å²) < 4.78 is 0. The molecular weight excluding hydrogens is 336 g/mol. The van der Waals surface area contributed by atoms with Gasteiger partial charge in [0.1, 0.15) is 5.78 Å². The molecule has 0 aromatic heterocycles. The highest BCUT2D eigenvalue weighted by molar-refractivity contribution is 6.00. The van der Waals surface area contributed by atoms with Crippen LogP contribution in [0.25, 0.3) is 0 Å². The minimum absolute atomic E-state index is 0.0604. The Morgan fingerprint density at radius 2 is 1.41 bits per heavy atom. The van der Waals surface area contributed by atoms with Gasteiger partial charge in [-0.25, -0.2) is 0 Å². The molecule has 27 heavy (non-hydrogen) atoms. The van der Waals surface area contributed by atoms with Gasteiger partial charge in [-0.15, -0.1) is 0 Å². The van der Waals surface area contributed by atoms with E-state index in [1.165, 1.54) is 0 Å². The van der Waals surface area contributed by atoms with Crippen molar-refractivity contribution < 1.29 is 9.59 Å². The molecule has 140 valence electrons. The average Bonchev–Trinajstić information content (AvgIpc) is 2.97. The molecule has 2 bridgehead atoms. The molecule has 0 unspecified atom stereocenters. The van der Waals surface area contributed by atoms with Crippen LogP contribution >= 0.6 is 0 Å². The monoisotopic (exact) mass is 362 g/mol. The van der Waals surface area contributed by atoms with E-state index in [1.807, 2.05) is 72.6 Å². The Balaban J connectivity index is 1.71. The number of benzene rings is 2. The van der Waals surface area contributed by atoms with Gasteiger partial charge in [-0.2, -0.15) is 0 Å². The zero-order chi connectivity index (χ0) is 19.3. The van der Waals surface area contributed by atoms with Crippen LogP contribution in [0.5, 0.6) is 0 Å². The van der Waals surface area contributed by atoms with Gasteiger partial charge in [0.15, 0.2) is 0 Å². The van der Waals surface area contributed by atoms with Crippen molar-refractivity contribution in [3.05, 3.63) is 60.7 Å². The Labute approximate surface area is 160 Å². The SMILES string of the molecule is CC1(C)[C@@]2(C(=O)NN(c3ccccc3)c3ccccc3)CC[C@]1(C)C(=O)C2. The van der Waals surface area contributed by atoms with Crippen LogP contribution in [0.1, 0.15) is 40.0 Å². The number of amides is 1. The summed E-state index contributed by atoms with van der Waals surface area (Å²) in [6, 6.07) is 19.6. The van der Waals surface area contributed by atoms with Gasteiger partial charge in [0.25, 0.3) is 0 Å². The molecule has 4 rings (SSSR count). The summed E-state index contributed by atoms with van der Waals surface area (Å²) in [5.41, 5.74) is 3.50. The van der Waals surface area contributed by atoms with Crippen molar-refractivity contribution in [2.45, 2.75) is 40.0 Å². The second-order valence-electron chi connectivity index (χ2n) is 8.59. The summed E-state index contributed by atoms with van der Waals surface area (Å²) >= 11 is 0. The van der Waals surface area contributed by atoms with Crippen molar-refractivity contribution in [2.24, 2.45) is 16.2 Å². The number of Topliss-reactive ketones (excluding diaryl/α,β-unsaturated/α-hetero) is 1. The van der Waals surface area contributed by atoms with Crippen molar-refractivity contribution in [2.75, 3.05) is 5.01 Å². The molecule has 2 fully saturated rings. The van der Waals surface area contributed by atoms with Crippen LogP contribution in [-0.4, -0.2) is 11.7 Å². The highest BCUT2D eigenvalue weighted by Gasteiger charge is 2.72. The van der Waals surface area contributed by atoms with Crippen LogP contribution in [0.3, 0.4) is 0 Å². The Morgan fingerprint density at radius 3 is 1.81 bits per heavy atom. The Hall–Kier alpha value is -2.62. The van der Waals surface area contributed by atoms with Crippen molar-refractivity contribution in [1.82, 2.24) is 5.43 Å². The first kappa shape index (κ1) is 17.8. The quantitative estimate of drug-likeness (QED) is 0.806. The molecule has 2 aromatic rings. The van der Waals surface area contributed by atoms with Gasteiger partial charge < -0.3 is 0 Å².